The fourth-order valence-electron chi connectivity index (χ4n) is 2.15. The summed E-state index contributed by atoms with van der Waals surface area (Å²) >= 11 is 0. The minimum absolute atomic E-state index is 0.0432. The van der Waals surface area contributed by atoms with Crippen molar-refractivity contribution in [2.45, 2.75) is 39.1 Å². The minimum atomic E-state index is -4.50. The van der Waals surface area contributed by atoms with Gasteiger partial charge in [0, 0.05) is 5.56 Å². The second-order valence-corrected chi connectivity index (χ2v) is 6.03. The topological polar surface area (TPSA) is 38.8 Å². The number of hydrogen-bond acceptors (Lipinski definition) is 3. The number of carbonyl (C=O) groups excluding carboxylic acids is 1. The molecule has 122 valence electrons. The van der Waals surface area contributed by atoms with Gasteiger partial charge in [-0.1, -0.05) is 6.07 Å². The van der Waals surface area contributed by atoms with E-state index in [9.17, 15) is 18.0 Å². The molecular weight excluding hydrogens is 299 g/mol. The lowest BCUT2D eigenvalue weighted by Gasteiger charge is -2.26. The maximum absolute atomic E-state index is 13.1. The highest BCUT2D eigenvalue weighted by Gasteiger charge is 2.36. The lowest BCUT2D eigenvalue weighted by molar-refractivity contribution is -0.138. The van der Waals surface area contributed by atoms with Crippen LogP contribution in [0.4, 0.5) is 18.0 Å². The molecular formula is C15H18F3NO3. The zero-order valence-electron chi connectivity index (χ0n) is 12.7. The van der Waals surface area contributed by atoms with E-state index in [0.717, 1.165) is 6.07 Å². The first kappa shape index (κ1) is 16.5. The van der Waals surface area contributed by atoms with E-state index >= 15 is 0 Å². The number of carbonyl (C=O) groups is 1. The third-order valence-corrected chi connectivity index (χ3v) is 3.06. The SMILES string of the molecule is CC(C)(C)OC(=O)N1CCOc2cccc(C(F)(F)F)c2C1. The maximum atomic E-state index is 13.1. The van der Waals surface area contributed by atoms with Crippen LogP contribution < -0.4 is 4.74 Å². The normalized spacial score (nSPS) is 15.6. The molecule has 0 saturated heterocycles. The number of halogens is 3. The number of rotatable bonds is 0. The summed E-state index contributed by atoms with van der Waals surface area (Å²) in [6, 6.07) is 3.76. The number of fused-ring (bicyclic) bond motifs is 1. The second-order valence-electron chi connectivity index (χ2n) is 6.03. The van der Waals surface area contributed by atoms with Gasteiger partial charge in [0.05, 0.1) is 18.7 Å². The van der Waals surface area contributed by atoms with Crippen LogP contribution >= 0.6 is 0 Å². The van der Waals surface area contributed by atoms with Crippen molar-refractivity contribution in [2.75, 3.05) is 13.2 Å². The zero-order valence-corrected chi connectivity index (χ0v) is 12.7. The summed E-state index contributed by atoms with van der Waals surface area (Å²) in [5.74, 6) is 0.154. The van der Waals surface area contributed by atoms with Crippen LogP contribution in [0.3, 0.4) is 0 Å². The molecule has 1 heterocycles. The van der Waals surface area contributed by atoms with Gasteiger partial charge in [0.1, 0.15) is 18.0 Å². The molecule has 1 aliphatic heterocycles. The summed E-state index contributed by atoms with van der Waals surface area (Å²) < 4.78 is 49.9. The van der Waals surface area contributed by atoms with Crippen molar-refractivity contribution in [1.82, 2.24) is 4.90 Å². The van der Waals surface area contributed by atoms with E-state index in [-0.39, 0.29) is 31.0 Å². The quantitative estimate of drug-likeness (QED) is 0.730. The van der Waals surface area contributed by atoms with Crippen molar-refractivity contribution in [2.24, 2.45) is 0 Å². The lowest BCUT2D eigenvalue weighted by atomic mass is 10.1. The Kier molecular flexibility index (Phi) is 4.26. The Balaban J connectivity index is 2.31. The fraction of sp³-hybridized carbons (Fsp3) is 0.533. The molecule has 1 aliphatic rings. The Hall–Kier alpha value is -1.92. The van der Waals surface area contributed by atoms with Crippen molar-refractivity contribution >= 4 is 6.09 Å². The molecule has 0 spiro atoms. The van der Waals surface area contributed by atoms with Gasteiger partial charge in [0.25, 0.3) is 0 Å². The molecule has 2 rings (SSSR count). The molecule has 1 aromatic rings. The van der Waals surface area contributed by atoms with Gasteiger partial charge < -0.3 is 14.4 Å². The van der Waals surface area contributed by atoms with Gasteiger partial charge in [-0.05, 0) is 32.9 Å². The van der Waals surface area contributed by atoms with Gasteiger partial charge in [-0.3, -0.25) is 0 Å². The lowest BCUT2D eigenvalue weighted by Crippen LogP contribution is -2.37. The molecule has 0 saturated carbocycles. The summed E-state index contributed by atoms with van der Waals surface area (Å²) in [6.07, 6.45) is -5.15. The van der Waals surface area contributed by atoms with Crippen LogP contribution in [0.2, 0.25) is 0 Å². The van der Waals surface area contributed by atoms with E-state index in [1.54, 1.807) is 20.8 Å². The first-order valence-electron chi connectivity index (χ1n) is 6.88. The first-order valence-corrected chi connectivity index (χ1v) is 6.88. The number of amides is 1. The molecule has 1 aromatic carbocycles. The molecule has 7 heteroatoms. The molecule has 4 nitrogen and oxygen atoms in total. The van der Waals surface area contributed by atoms with Gasteiger partial charge in [-0.25, -0.2) is 4.79 Å². The number of alkyl halides is 3. The monoisotopic (exact) mass is 317 g/mol. The van der Waals surface area contributed by atoms with Crippen LogP contribution in [-0.2, 0) is 17.5 Å². The highest BCUT2D eigenvalue weighted by molar-refractivity contribution is 5.68. The van der Waals surface area contributed by atoms with Crippen LogP contribution in [0.25, 0.3) is 0 Å². The molecule has 0 atom stereocenters. The number of benzene rings is 1. The predicted octanol–water partition coefficient (Wildman–Crippen LogP) is 3.83. The Morgan fingerprint density at radius 2 is 1.95 bits per heavy atom. The number of nitrogens with zero attached hydrogens (tertiary/aromatic N) is 1. The number of ether oxygens (including phenoxy) is 2. The Morgan fingerprint density at radius 3 is 2.55 bits per heavy atom. The van der Waals surface area contributed by atoms with Crippen molar-refractivity contribution in [3.8, 4) is 5.75 Å². The van der Waals surface area contributed by atoms with E-state index in [4.69, 9.17) is 9.47 Å². The van der Waals surface area contributed by atoms with Crippen LogP contribution in [0.5, 0.6) is 5.75 Å². The van der Waals surface area contributed by atoms with Gasteiger partial charge in [0.2, 0.25) is 0 Å². The van der Waals surface area contributed by atoms with Crippen molar-refractivity contribution < 1.29 is 27.4 Å². The fourth-order valence-corrected chi connectivity index (χ4v) is 2.15. The van der Waals surface area contributed by atoms with Gasteiger partial charge in [0.15, 0.2) is 0 Å². The summed E-state index contributed by atoms with van der Waals surface area (Å²) in [7, 11) is 0. The van der Waals surface area contributed by atoms with Crippen LogP contribution in [0.15, 0.2) is 18.2 Å². The molecule has 22 heavy (non-hydrogen) atoms. The molecule has 0 unspecified atom stereocenters. The smallest absolute Gasteiger partial charge is 0.416 e. The minimum Gasteiger partial charge on any atom is -0.491 e. The molecule has 0 aliphatic carbocycles. The summed E-state index contributed by atoms with van der Waals surface area (Å²) in [4.78, 5) is 13.3. The molecule has 1 amide bonds. The third-order valence-electron chi connectivity index (χ3n) is 3.06. The summed E-state index contributed by atoms with van der Waals surface area (Å²) in [5.41, 5.74) is -1.55. The molecule has 0 radical (unpaired) electrons. The van der Waals surface area contributed by atoms with Crippen molar-refractivity contribution in [1.29, 1.82) is 0 Å². The first-order chi connectivity index (χ1) is 10.1. The number of hydrogen-bond donors (Lipinski definition) is 0. The maximum Gasteiger partial charge on any atom is 0.416 e. The molecule has 0 fully saturated rings. The Bertz CT molecular complexity index is 564. The van der Waals surface area contributed by atoms with Gasteiger partial charge >= 0.3 is 12.3 Å². The Labute approximate surface area is 126 Å². The largest absolute Gasteiger partial charge is 0.491 e. The molecule has 0 N–H and O–H groups in total. The highest BCUT2D eigenvalue weighted by atomic mass is 19.4. The predicted molar refractivity (Wildman–Crippen MR) is 73.6 cm³/mol. The van der Waals surface area contributed by atoms with Crippen LogP contribution in [-0.4, -0.2) is 29.7 Å². The van der Waals surface area contributed by atoms with E-state index in [2.05, 4.69) is 0 Å². The standard InChI is InChI=1S/C15H18F3NO3/c1-14(2,3)22-13(20)19-7-8-21-12-6-4-5-11(10(12)9-19)15(16,17)18/h4-6H,7-9H2,1-3H3. The zero-order chi connectivity index (χ0) is 16.5. The highest BCUT2D eigenvalue weighted by Crippen LogP contribution is 2.37. The van der Waals surface area contributed by atoms with Crippen LogP contribution in [0, 0.1) is 0 Å². The van der Waals surface area contributed by atoms with Gasteiger partial charge in [-0.15, -0.1) is 0 Å². The third kappa shape index (κ3) is 3.84. The van der Waals surface area contributed by atoms with E-state index in [0.29, 0.717) is 0 Å². The van der Waals surface area contributed by atoms with Crippen molar-refractivity contribution in [3.05, 3.63) is 29.3 Å². The van der Waals surface area contributed by atoms with E-state index in [1.165, 1.54) is 17.0 Å². The molecule has 0 aromatic heterocycles. The average Bonchev–Trinajstić information content (AvgIpc) is 2.56. The average molecular weight is 317 g/mol. The summed E-state index contributed by atoms with van der Waals surface area (Å²) in [6.45, 7) is 5.20. The molecule has 0 bridgehead atoms. The van der Waals surface area contributed by atoms with Crippen LogP contribution in [0.1, 0.15) is 31.9 Å². The van der Waals surface area contributed by atoms with E-state index < -0.39 is 23.4 Å². The Morgan fingerprint density at radius 1 is 1.27 bits per heavy atom. The van der Waals surface area contributed by atoms with Gasteiger partial charge in [-0.2, -0.15) is 13.2 Å². The summed E-state index contributed by atoms with van der Waals surface area (Å²) in [5, 5.41) is 0. The van der Waals surface area contributed by atoms with E-state index in [1.807, 2.05) is 0 Å². The van der Waals surface area contributed by atoms with Crippen molar-refractivity contribution in [3.63, 3.8) is 0 Å². The second kappa shape index (κ2) is 5.70.